The topological polar surface area (TPSA) is 54.9 Å². The predicted molar refractivity (Wildman–Crippen MR) is 97.9 cm³/mol. The number of aliphatic imine (C=N–C) groups is 1. The second kappa shape index (κ2) is 8.68. The number of nitrogens with one attached hydrogen (secondary N) is 2. The van der Waals surface area contributed by atoms with Gasteiger partial charge in [0.15, 0.2) is 12.8 Å². The Morgan fingerprint density at radius 3 is 2.91 bits per heavy atom. The standard InChI is InChI=1S/C16H22FN3O2.HI/c1-18-16(20-8-11-2-3-11)19-5-4-12-6-14(17)7-13-9-21-10-22-15(12)13;/h6-7,11H,2-5,8-10H2,1H3,(H2,18,19,20);1H. The largest absolute Gasteiger partial charge is 0.467 e. The summed E-state index contributed by atoms with van der Waals surface area (Å²) in [5, 5.41) is 6.56. The highest BCUT2D eigenvalue weighted by Crippen LogP contribution is 2.29. The van der Waals surface area contributed by atoms with Gasteiger partial charge in [-0.1, -0.05) is 0 Å². The van der Waals surface area contributed by atoms with Crippen molar-refractivity contribution in [1.29, 1.82) is 0 Å². The first kappa shape index (κ1) is 18.3. The first-order chi connectivity index (χ1) is 10.8. The van der Waals surface area contributed by atoms with E-state index >= 15 is 0 Å². The molecular weight excluding hydrogens is 412 g/mol. The van der Waals surface area contributed by atoms with E-state index in [1.165, 1.54) is 25.0 Å². The number of ether oxygens (including phenoxy) is 2. The quantitative estimate of drug-likeness (QED) is 0.424. The minimum atomic E-state index is -0.251. The van der Waals surface area contributed by atoms with Gasteiger partial charge in [-0.3, -0.25) is 4.99 Å². The molecule has 0 aromatic heterocycles. The first-order valence-corrected chi connectivity index (χ1v) is 7.72. The van der Waals surface area contributed by atoms with Crippen LogP contribution in [-0.4, -0.2) is 32.9 Å². The zero-order valence-corrected chi connectivity index (χ0v) is 15.6. The van der Waals surface area contributed by atoms with Gasteiger partial charge in [0.25, 0.3) is 0 Å². The van der Waals surface area contributed by atoms with Gasteiger partial charge in [-0.05, 0) is 42.9 Å². The third-order valence-corrected chi connectivity index (χ3v) is 3.92. The molecular formula is C16H23FIN3O2. The van der Waals surface area contributed by atoms with Crippen molar-refractivity contribution in [3.63, 3.8) is 0 Å². The summed E-state index contributed by atoms with van der Waals surface area (Å²) >= 11 is 0. The Labute approximate surface area is 153 Å². The highest BCUT2D eigenvalue weighted by molar-refractivity contribution is 14.0. The molecule has 3 rings (SSSR count). The molecule has 5 nitrogen and oxygen atoms in total. The average molecular weight is 435 g/mol. The summed E-state index contributed by atoms with van der Waals surface area (Å²) < 4.78 is 24.4. The Hall–Kier alpha value is -1.09. The van der Waals surface area contributed by atoms with E-state index in [4.69, 9.17) is 9.47 Å². The van der Waals surface area contributed by atoms with Crippen LogP contribution in [0.5, 0.6) is 5.75 Å². The highest BCUT2D eigenvalue weighted by Gasteiger charge is 2.21. The Bertz CT molecular complexity index is 565. The van der Waals surface area contributed by atoms with Gasteiger partial charge in [-0.2, -0.15) is 0 Å². The van der Waals surface area contributed by atoms with Gasteiger partial charge in [0.2, 0.25) is 0 Å². The molecule has 0 spiro atoms. The summed E-state index contributed by atoms with van der Waals surface area (Å²) in [4.78, 5) is 4.19. The van der Waals surface area contributed by atoms with Gasteiger partial charge in [-0.15, -0.1) is 24.0 Å². The molecule has 2 aliphatic rings. The SMILES string of the molecule is CN=C(NCCc1cc(F)cc2c1OCOC2)NCC1CC1.I. The summed E-state index contributed by atoms with van der Waals surface area (Å²) in [6.45, 7) is 2.27. The first-order valence-electron chi connectivity index (χ1n) is 7.72. The van der Waals surface area contributed by atoms with E-state index in [0.29, 0.717) is 19.6 Å². The molecule has 0 atom stereocenters. The van der Waals surface area contributed by atoms with Crippen LogP contribution < -0.4 is 15.4 Å². The van der Waals surface area contributed by atoms with Gasteiger partial charge in [-0.25, -0.2) is 4.39 Å². The van der Waals surface area contributed by atoms with Crippen molar-refractivity contribution in [3.05, 3.63) is 29.1 Å². The van der Waals surface area contributed by atoms with Crippen molar-refractivity contribution in [1.82, 2.24) is 10.6 Å². The third kappa shape index (κ3) is 5.20. The summed E-state index contributed by atoms with van der Waals surface area (Å²) in [7, 11) is 1.76. The van der Waals surface area contributed by atoms with Gasteiger partial charge in [0.05, 0.1) is 6.61 Å². The maximum Gasteiger partial charge on any atom is 0.190 e. The molecule has 1 fully saturated rings. The zero-order valence-electron chi connectivity index (χ0n) is 13.2. The molecule has 1 heterocycles. The van der Waals surface area contributed by atoms with Gasteiger partial charge in [0.1, 0.15) is 11.6 Å². The van der Waals surface area contributed by atoms with E-state index in [0.717, 1.165) is 35.3 Å². The number of fused-ring (bicyclic) bond motifs is 1. The van der Waals surface area contributed by atoms with E-state index < -0.39 is 0 Å². The summed E-state index contributed by atoms with van der Waals surface area (Å²) in [6.07, 6.45) is 3.28. The molecule has 7 heteroatoms. The number of nitrogens with zero attached hydrogens (tertiary/aromatic N) is 1. The van der Waals surface area contributed by atoms with Crippen molar-refractivity contribution in [2.75, 3.05) is 26.9 Å². The van der Waals surface area contributed by atoms with Crippen molar-refractivity contribution < 1.29 is 13.9 Å². The molecule has 128 valence electrons. The maximum atomic E-state index is 13.7. The van der Waals surface area contributed by atoms with Gasteiger partial charge < -0.3 is 20.1 Å². The number of rotatable bonds is 5. The maximum absolute atomic E-state index is 13.7. The molecule has 1 saturated carbocycles. The fourth-order valence-corrected chi connectivity index (χ4v) is 2.54. The van der Waals surface area contributed by atoms with Crippen molar-refractivity contribution in [2.45, 2.75) is 25.9 Å². The second-order valence-electron chi connectivity index (χ2n) is 5.74. The number of hydrogen-bond acceptors (Lipinski definition) is 3. The van der Waals surface area contributed by atoms with E-state index in [2.05, 4.69) is 15.6 Å². The van der Waals surface area contributed by atoms with Crippen LogP contribution in [0.15, 0.2) is 17.1 Å². The summed E-state index contributed by atoms with van der Waals surface area (Å²) in [5.74, 6) is 2.10. The number of guanidine groups is 1. The fourth-order valence-electron chi connectivity index (χ4n) is 2.54. The molecule has 0 amide bonds. The zero-order chi connectivity index (χ0) is 15.4. The molecule has 1 aliphatic carbocycles. The molecule has 2 N–H and O–H groups in total. The Morgan fingerprint density at radius 1 is 1.35 bits per heavy atom. The number of halogens is 2. The lowest BCUT2D eigenvalue weighted by molar-refractivity contribution is -0.0172. The van der Waals surface area contributed by atoms with Crippen molar-refractivity contribution in [2.24, 2.45) is 10.9 Å². The minimum absolute atomic E-state index is 0. The van der Waals surface area contributed by atoms with Crippen LogP contribution in [0, 0.1) is 11.7 Å². The average Bonchev–Trinajstić information content (AvgIpc) is 3.34. The smallest absolute Gasteiger partial charge is 0.190 e. The van der Waals surface area contributed by atoms with Crippen LogP contribution in [0.4, 0.5) is 4.39 Å². The predicted octanol–water partition coefficient (Wildman–Crippen LogP) is 2.43. The second-order valence-corrected chi connectivity index (χ2v) is 5.74. The Morgan fingerprint density at radius 2 is 2.17 bits per heavy atom. The Kier molecular flexibility index (Phi) is 6.88. The lowest BCUT2D eigenvalue weighted by Crippen LogP contribution is -2.39. The lowest BCUT2D eigenvalue weighted by atomic mass is 10.1. The van der Waals surface area contributed by atoms with Crippen LogP contribution in [0.3, 0.4) is 0 Å². The van der Waals surface area contributed by atoms with Crippen LogP contribution in [0.1, 0.15) is 24.0 Å². The van der Waals surface area contributed by atoms with Crippen molar-refractivity contribution >= 4 is 29.9 Å². The highest BCUT2D eigenvalue weighted by atomic mass is 127. The molecule has 0 bridgehead atoms. The molecule has 0 radical (unpaired) electrons. The van der Waals surface area contributed by atoms with E-state index in [-0.39, 0.29) is 36.6 Å². The van der Waals surface area contributed by atoms with Crippen LogP contribution >= 0.6 is 24.0 Å². The van der Waals surface area contributed by atoms with Crippen LogP contribution in [0.2, 0.25) is 0 Å². The molecule has 0 saturated heterocycles. The normalized spacial score (nSPS) is 16.9. The summed E-state index contributed by atoms with van der Waals surface area (Å²) in [6, 6.07) is 3.01. The van der Waals surface area contributed by atoms with Gasteiger partial charge in [0, 0.05) is 25.7 Å². The van der Waals surface area contributed by atoms with Gasteiger partial charge >= 0.3 is 0 Å². The van der Waals surface area contributed by atoms with Crippen LogP contribution in [0.25, 0.3) is 0 Å². The molecule has 1 aromatic rings. The number of benzene rings is 1. The monoisotopic (exact) mass is 435 g/mol. The number of hydrogen-bond donors (Lipinski definition) is 2. The minimum Gasteiger partial charge on any atom is -0.467 e. The lowest BCUT2D eigenvalue weighted by Gasteiger charge is -2.21. The molecule has 1 aromatic carbocycles. The summed E-state index contributed by atoms with van der Waals surface area (Å²) in [5.41, 5.74) is 1.64. The third-order valence-electron chi connectivity index (χ3n) is 3.92. The molecule has 0 unspecified atom stereocenters. The molecule has 23 heavy (non-hydrogen) atoms. The Balaban J connectivity index is 0.00000192. The van der Waals surface area contributed by atoms with E-state index in [1.807, 2.05) is 0 Å². The van der Waals surface area contributed by atoms with E-state index in [1.54, 1.807) is 7.05 Å². The van der Waals surface area contributed by atoms with Crippen molar-refractivity contribution in [3.8, 4) is 5.75 Å². The molecule has 1 aliphatic heterocycles. The van der Waals surface area contributed by atoms with Crippen LogP contribution in [-0.2, 0) is 17.8 Å². The fraction of sp³-hybridized carbons (Fsp3) is 0.562. The van der Waals surface area contributed by atoms with E-state index in [9.17, 15) is 4.39 Å².